The van der Waals surface area contributed by atoms with Crippen LogP contribution in [0, 0.1) is 18.6 Å². The smallest absolute Gasteiger partial charge is 0.222 e. The minimum absolute atomic E-state index is 0.0837. The second-order valence-corrected chi connectivity index (χ2v) is 8.94. The molecule has 2 aliphatic rings. The zero-order valence-corrected chi connectivity index (χ0v) is 18.5. The molecule has 1 amide bonds. The summed E-state index contributed by atoms with van der Waals surface area (Å²) in [6, 6.07) is 10.2. The van der Waals surface area contributed by atoms with Crippen LogP contribution in [0.2, 0.25) is 5.02 Å². The van der Waals surface area contributed by atoms with Gasteiger partial charge in [0, 0.05) is 62.4 Å². The van der Waals surface area contributed by atoms with Crippen LogP contribution >= 0.6 is 11.6 Å². The first kappa shape index (κ1) is 22.0. The predicted molar refractivity (Wildman–Crippen MR) is 119 cm³/mol. The van der Waals surface area contributed by atoms with E-state index in [2.05, 4.69) is 22.8 Å². The van der Waals surface area contributed by atoms with E-state index in [0.717, 1.165) is 50.1 Å². The maximum atomic E-state index is 13.5. The minimum atomic E-state index is -0.870. The highest BCUT2D eigenvalue weighted by atomic mass is 35.5. The molecule has 7 heteroatoms. The van der Waals surface area contributed by atoms with E-state index in [1.54, 1.807) is 11.0 Å². The van der Waals surface area contributed by atoms with Crippen LogP contribution in [-0.2, 0) is 11.3 Å². The Morgan fingerprint density at radius 2 is 1.74 bits per heavy atom. The van der Waals surface area contributed by atoms with Crippen LogP contribution < -0.4 is 4.90 Å². The third-order valence-electron chi connectivity index (χ3n) is 6.48. The van der Waals surface area contributed by atoms with E-state index in [1.165, 1.54) is 17.3 Å². The summed E-state index contributed by atoms with van der Waals surface area (Å²) in [4.78, 5) is 19.3. The molecule has 2 aliphatic heterocycles. The molecule has 1 atom stereocenters. The van der Waals surface area contributed by atoms with Gasteiger partial charge in [0.1, 0.15) is 0 Å². The number of nitrogens with zero attached hydrogens (tertiary/aromatic N) is 3. The van der Waals surface area contributed by atoms with E-state index in [-0.39, 0.29) is 5.91 Å². The maximum Gasteiger partial charge on any atom is 0.222 e. The fraction of sp³-hybridized carbons (Fsp3) is 0.458. The van der Waals surface area contributed by atoms with Gasteiger partial charge in [-0.2, -0.15) is 0 Å². The van der Waals surface area contributed by atoms with Gasteiger partial charge in [-0.3, -0.25) is 9.69 Å². The second-order valence-electron chi connectivity index (χ2n) is 8.50. The van der Waals surface area contributed by atoms with Crippen molar-refractivity contribution in [2.45, 2.75) is 38.8 Å². The molecule has 0 radical (unpaired) electrons. The third kappa shape index (κ3) is 5.18. The molecule has 2 aromatic rings. The van der Waals surface area contributed by atoms with Crippen LogP contribution in [0.15, 0.2) is 36.4 Å². The SMILES string of the molecule is Cc1ccc(Cl)cc1N1CCN(C2CCC(=O)N(Cc3ccc(F)c(F)c3)CC2)CC1. The number of carbonyl (C=O) groups excluding carboxylic acids is 1. The molecule has 0 aliphatic carbocycles. The van der Waals surface area contributed by atoms with Gasteiger partial charge in [-0.05, 0) is 55.2 Å². The van der Waals surface area contributed by atoms with Gasteiger partial charge in [0.15, 0.2) is 11.6 Å². The summed E-state index contributed by atoms with van der Waals surface area (Å²) in [6.45, 7) is 6.84. The Balaban J connectivity index is 1.34. The number of aryl methyl sites for hydroxylation is 1. The molecule has 2 fully saturated rings. The summed E-state index contributed by atoms with van der Waals surface area (Å²) in [5.41, 5.74) is 3.04. The van der Waals surface area contributed by atoms with E-state index in [0.29, 0.717) is 31.1 Å². The number of hydrogen-bond donors (Lipinski definition) is 0. The monoisotopic (exact) mass is 447 g/mol. The highest BCUT2D eigenvalue weighted by Crippen LogP contribution is 2.27. The van der Waals surface area contributed by atoms with Gasteiger partial charge in [-0.25, -0.2) is 8.78 Å². The Hall–Kier alpha value is -2.18. The summed E-state index contributed by atoms with van der Waals surface area (Å²) >= 11 is 6.19. The fourth-order valence-corrected chi connectivity index (χ4v) is 4.83. The topological polar surface area (TPSA) is 26.8 Å². The first-order valence-corrected chi connectivity index (χ1v) is 11.3. The highest BCUT2D eigenvalue weighted by Gasteiger charge is 2.29. The third-order valence-corrected chi connectivity index (χ3v) is 6.71. The Bertz CT molecular complexity index is 946. The zero-order chi connectivity index (χ0) is 22.0. The van der Waals surface area contributed by atoms with Gasteiger partial charge in [-0.1, -0.05) is 23.7 Å². The number of hydrogen-bond acceptors (Lipinski definition) is 3. The maximum absolute atomic E-state index is 13.5. The molecule has 4 rings (SSSR count). The van der Waals surface area contributed by atoms with E-state index in [4.69, 9.17) is 11.6 Å². The van der Waals surface area contributed by atoms with E-state index >= 15 is 0 Å². The minimum Gasteiger partial charge on any atom is -0.369 e. The average molecular weight is 448 g/mol. The normalized spacial score (nSPS) is 20.8. The molecule has 166 valence electrons. The lowest BCUT2D eigenvalue weighted by atomic mass is 10.1. The molecule has 2 heterocycles. The molecule has 2 saturated heterocycles. The molecule has 0 N–H and O–H groups in total. The molecular weight excluding hydrogens is 420 g/mol. The standard InChI is InChI=1S/C24H28ClF2N3O/c1-17-2-4-19(25)15-23(17)29-12-10-28(11-13-29)20-5-7-24(31)30(9-8-20)16-18-3-6-21(26)22(27)14-18/h2-4,6,14-15,20H,5,7-13,16H2,1H3. The van der Waals surface area contributed by atoms with Gasteiger partial charge >= 0.3 is 0 Å². The van der Waals surface area contributed by atoms with Gasteiger partial charge in [0.2, 0.25) is 5.91 Å². The summed E-state index contributed by atoms with van der Waals surface area (Å²) in [7, 11) is 0. The lowest BCUT2D eigenvalue weighted by molar-refractivity contribution is -0.131. The van der Waals surface area contributed by atoms with E-state index in [9.17, 15) is 13.6 Å². The van der Waals surface area contributed by atoms with Crippen molar-refractivity contribution < 1.29 is 13.6 Å². The van der Waals surface area contributed by atoms with Crippen molar-refractivity contribution >= 4 is 23.2 Å². The van der Waals surface area contributed by atoms with Gasteiger partial charge in [-0.15, -0.1) is 0 Å². The second kappa shape index (κ2) is 9.53. The molecule has 2 aromatic carbocycles. The van der Waals surface area contributed by atoms with Gasteiger partial charge < -0.3 is 9.80 Å². The van der Waals surface area contributed by atoms with Crippen LogP contribution in [0.3, 0.4) is 0 Å². The van der Waals surface area contributed by atoms with Crippen molar-refractivity contribution in [2.24, 2.45) is 0 Å². The van der Waals surface area contributed by atoms with Crippen LogP contribution in [0.25, 0.3) is 0 Å². The number of amides is 1. The Kier molecular flexibility index (Phi) is 6.77. The number of benzene rings is 2. The zero-order valence-electron chi connectivity index (χ0n) is 17.8. The molecule has 0 aromatic heterocycles. The number of halogens is 3. The van der Waals surface area contributed by atoms with Gasteiger partial charge in [0.05, 0.1) is 0 Å². The number of likely N-dealkylation sites (tertiary alicyclic amines) is 1. The van der Waals surface area contributed by atoms with Crippen LogP contribution in [0.5, 0.6) is 0 Å². The fourth-order valence-electron chi connectivity index (χ4n) is 4.66. The summed E-state index contributed by atoms with van der Waals surface area (Å²) in [5, 5.41) is 0.756. The largest absolute Gasteiger partial charge is 0.369 e. The van der Waals surface area contributed by atoms with Crippen molar-refractivity contribution in [3.63, 3.8) is 0 Å². The molecule has 1 unspecified atom stereocenters. The molecule has 4 nitrogen and oxygen atoms in total. The Labute approximate surface area is 187 Å². The van der Waals surface area contributed by atoms with Crippen molar-refractivity contribution in [1.82, 2.24) is 9.80 Å². The lowest BCUT2D eigenvalue weighted by Crippen LogP contribution is -2.50. The number of carbonyl (C=O) groups is 1. The summed E-state index contributed by atoms with van der Waals surface area (Å²) < 4.78 is 26.7. The number of anilines is 1. The van der Waals surface area contributed by atoms with Crippen molar-refractivity contribution in [1.29, 1.82) is 0 Å². The summed E-state index contributed by atoms with van der Waals surface area (Å²) in [5.74, 6) is -1.65. The predicted octanol–water partition coefficient (Wildman–Crippen LogP) is 4.63. The van der Waals surface area contributed by atoms with Crippen LogP contribution in [-0.4, -0.2) is 54.5 Å². The summed E-state index contributed by atoms with van der Waals surface area (Å²) in [6.07, 6.45) is 2.22. The Morgan fingerprint density at radius 3 is 2.48 bits per heavy atom. The first-order valence-electron chi connectivity index (χ1n) is 10.9. The Morgan fingerprint density at radius 1 is 0.968 bits per heavy atom. The lowest BCUT2D eigenvalue weighted by Gasteiger charge is -2.40. The molecular formula is C24H28ClF2N3O. The quantitative estimate of drug-likeness (QED) is 0.683. The number of rotatable bonds is 4. The van der Waals surface area contributed by atoms with E-state index < -0.39 is 11.6 Å². The molecule has 0 saturated carbocycles. The van der Waals surface area contributed by atoms with Crippen molar-refractivity contribution in [3.05, 3.63) is 64.2 Å². The molecule has 31 heavy (non-hydrogen) atoms. The molecule has 0 bridgehead atoms. The number of piperazine rings is 1. The van der Waals surface area contributed by atoms with E-state index in [1.807, 2.05) is 12.1 Å². The molecule has 0 spiro atoms. The van der Waals surface area contributed by atoms with Crippen LogP contribution in [0.1, 0.15) is 30.4 Å². The first-order chi connectivity index (χ1) is 14.9. The van der Waals surface area contributed by atoms with Gasteiger partial charge in [0.25, 0.3) is 0 Å². The van der Waals surface area contributed by atoms with Crippen molar-refractivity contribution in [2.75, 3.05) is 37.6 Å². The highest BCUT2D eigenvalue weighted by molar-refractivity contribution is 6.30. The average Bonchev–Trinajstić information content (AvgIpc) is 2.94. The van der Waals surface area contributed by atoms with Crippen molar-refractivity contribution in [3.8, 4) is 0 Å². The van der Waals surface area contributed by atoms with Crippen LogP contribution in [0.4, 0.5) is 14.5 Å².